The van der Waals surface area contributed by atoms with E-state index in [0.29, 0.717) is 0 Å². The fourth-order valence-corrected chi connectivity index (χ4v) is 2.31. The van der Waals surface area contributed by atoms with Gasteiger partial charge in [0.25, 0.3) is 0 Å². The van der Waals surface area contributed by atoms with Gasteiger partial charge in [-0.25, -0.2) is 0 Å². The highest BCUT2D eigenvalue weighted by Gasteiger charge is 2.26. The number of rotatable bonds is 3. The van der Waals surface area contributed by atoms with Crippen LogP contribution in [0.25, 0.3) is 0 Å². The van der Waals surface area contributed by atoms with Gasteiger partial charge >= 0.3 is 0 Å². The lowest BCUT2D eigenvalue weighted by Gasteiger charge is -2.37. The summed E-state index contributed by atoms with van der Waals surface area (Å²) in [6.45, 7) is 6.60. The molecule has 1 saturated carbocycles. The second-order valence-corrected chi connectivity index (χ2v) is 4.69. The van der Waals surface area contributed by atoms with Gasteiger partial charge in [-0.05, 0) is 38.1 Å². The summed E-state index contributed by atoms with van der Waals surface area (Å²) in [5.41, 5.74) is 5.56. The molecule has 0 spiro atoms. The monoisotopic (exact) mass is 184 g/mol. The molecule has 3 unspecified atom stereocenters. The quantitative estimate of drug-likeness (QED) is 0.723. The minimum absolute atomic E-state index is 0.787. The van der Waals surface area contributed by atoms with Crippen LogP contribution in [0.2, 0.25) is 0 Å². The molecule has 0 aromatic rings. The lowest BCUT2D eigenvalue weighted by atomic mass is 9.78. The minimum Gasteiger partial charge on any atom is -0.329 e. The van der Waals surface area contributed by atoms with Crippen molar-refractivity contribution in [3.63, 3.8) is 0 Å². The van der Waals surface area contributed by atoms with Gasteiger partial charge in [-0.15, -0.1) is 0 Å². The van der Waals surface area contributed by atoms with Crippen LogP contribution < -0.4 is 5.73 Å². The molecule has 1 rings (SSSR count). The molecule has 0 heterocycles. The van der Waals surface area contributed by atoms with Crippen LogP contribution in [-0.2, 0) is 0 Å². The molecule has 2 nitrogen and oxygen atoms in total. The first-order valence-corrected chi connectivity index (χ1v) is 5.55. The standard InChI is InChI=1S/C11H24N2/c1-9-4-5-11(8-10(9)2)13(3)7-6-12/h9-11H,4-8,12H2,1-3H3. The summed E-state index contributed by atoms with van der Waals surface area (Å²) < 4.78 is 0. The van der Waals surface area contributed by atoms with Gasteiger partial charge in [0, 0.05) is 19.1 Å². The van der Waals surface area contributed by atoms with Crippen LogP contribution in [-0.4, -0.2) is 31.1 Å². The predicted octanol–water partition coefficient (Wildman–Crippen LogP) is 1.70. The number of nitrogens with zero attached hydrogens (tertiary/aromatic N) is 1. The van der Waals surface area contributed by atoms with Crippen LogP contribution in [0.3, 0.4) is 0 Å². The Morgan fingerprint density at radius 1 is 1.23 bits per heavy atom. The third-order valence-electron chi connectivity index (χ3n) is 3.68. The number of hydrogen-bond donors (Lipinski definition) is 1. The van der Waals surface area contributed by atoms with E-state index < -0.39 is 0 Å². The first kappa shape index (κ1) is 11.0. The van der Waals surface area contributed by atoms with Gasteiger partial charge in [0.15, 0.2) is 0 Å². The van der Waals surface area contributed by atoms with Crippen LogP contribution in [0.15, 0.2) is 0 Å². The van der Waals surface area contributed by atoms with Crippen LogP contribution >= 0.6 is 0 Å². The minimum atomic E-state index is 0.787. The van der Waals surface area contributed by atoms with Crippen LogP contribution in [0.4, 0.5) is 0 Å². The Hall–Kier alpha value is -0.0800. The highest BCUT2D eigenvalue weighted by Crippen LogP contribution is 2.31. The van der Waals surface area contributed by atoms with Gasteiger partial charge in [-0.3, -0.25) is 0 Å². The molecular weight excluding hydrogens is 160 g/mol. The van der Waals surface area contributed by atoms with E-state index in [0.717, 1.165) is 31.0 Å². The van der Waals surface area contributed by atoms with E-state index in [9.17, 15) is 0 Å². The third kappa shape index (κ3) is 2.96. The van der Waals surface area contributed by atoms with Crippen molar-refractivity contribution in [3.05, 3.63) is 0 Å². The summed E-state index contributed by atoms with van der Waals surface area (Å²) in [5, 5.41) is 0. The van der Waals surface area contributed by atoms with Gasteiger partial charge in [0.1, 0.15) is 0 Å². The first-order chi connectivity index (χ1) is 6.15. The second-order valence-electron chi connectivity index (χ2n) is 4.69. The molecule has 2 heteroatoms. The maximum absolute atomic E-state index is 5.56. The fourth-order valence-electron chi connectivity index (χ4n) is 2.31. The van der Waals surface area contributed by atoms with Gasteiger partial charge in [-0.1, -0.05) is 13.8 Å². The molecule has 0 aromatic heterocycles. The summed E-state index contributed by atoms with van der Waals surface area (Å²) in [5.74, 6) is 1.81. The SMILES string of the molecule is CC1CCC(N(C)CCN)CC1C. The molecule has 2 N–H and O–H groups in total. The maximum atomic E-state index is 5.56. The summed E-state index contributed by atoms with van der Waals surface area (Å²) in [6.07, 6.45) is 4.11. The average Bonchev–Trinajstić information content (AvgIpc) is 2.10. The molecule has 1 fully saturated rings. The second kappa shape index (κ2) is 4.97. The Morgan fingerprint density at radius 2 is 1.92 bits per heavy atom. The van der Waals surface area contributed by atoms with Crippen LogP contribution in [0.1, 0.15) is 33.1 Å². The molecule has 1 aliphatic carbocycles. The Labute approximate surface area is 82.5 Å². The van der Waals surface area contributed by atoms with E-state index in [1.807, 2.05) is 0 Å². The van der Waals surface area contributed by atoms with E-state index in [1.165, 1.54) is 19.3 Å². The molecular formula is C11H24N2. The van der Waals surface area contributed by atoms with Crippen molar-refractivity contribution in [1.82, 2.24) is 4.90 Å². The van der Waals surface area contributed by atoms with Crippen molar-refractivity contribution in [2.75, 3.05) is 20.1 Å². The molecule has 0 aliphatic heterocycles. The largest absolute Gasteiger partial charge is 0.329 e. The van der Waals surface area contributed by atoms with Crippen molar-refractivity contribution in [2.24, 2.45) is 17.6 Å². The Kier molecular flexibility index (Phi) is 4.20. The summed E-state index contributed by atoms with van der Waals surface area (Å²) in [7, 11) is 2.21. The van der Waals surface area contributed by atoms with E-state index >= 15 is 0 Å². The van der Waals surface area contributed by atoms with Crippen molar-refractivity contribution in [2.45, 2.75) is 39.2 Å². The smallest absolute Gasteiger partial charge is 0.0104 e. The zero-order valence-electron chi connectivity index (χ0n) is 9.29. The summed E-state index contributed by atoms with van der Waals surface area (Å²) in [4.78, 5) is 2.43. The van der Waals surface area contributed by atoms with Gasteiger partial charge in [0.05, 0.1) is 0 Å². The molecule has 0 radical (unpaired) electrons. The zero-order chi connectivity index (χ0) is 9.84. The van der Waals surface area contributed by atoms with Crippen LogP contribution in [0.5, 0.6) is 0 Å². The topological polar surface area (TPSA) is 29.3 Å². The van der Waals surface area contributed by atoms with Gasteiger partial charge < -0.3 is 10.6 Å². The average molecular weight is 184 g/mol. The maximum Gasteiger partial charge on any atom is 0.0104 e. The fraction of sp³-hybridized carbons (Fsp3) is 1.00. The van der Waals surface area contributed by atoms with Gasteiger partial charge in [0.2, 0.25) is 0 Å². The zero-order valence-corrected chi connectivity index (χ0v) is 9.29. The summed E-state index contributed by atoms with van der Waals surface area (Å²) in [6, 6.07) is 0.787. The molecule has 13 heavy (non-hydrogen) atoms. The highest BCUT2D eigenvalue weighted by molar-refractivity contribution is 4.80. The van der Waals surface area contributed by atoms with E-state index in [2.05, 4.69) is 25.8 Å². The third-order valence-corrected chi connectivity index (χ3v) is 3.68. The predicted molar refractivity (Wildman–Crippen MR) is 57.7 cm³/mol. The van der Waals surface area contributed by atoms with Gasteiger partial charge in [-0.2, -0.15) is 0 Å². The van der Waals surface area contributed by atoms with Crippen LogP contribution in [0, 0.1) is 11.8 Å². The van der Waals surface area contributed by atoms with Crippen molar-refractivity contribution < 1.29 is 0 Å². The molecule has 0 bridgehead atoms. The molecule has 0 aromatic carbocycles. The Balaban J connectivity index is 2.36. The lowest BCUT2D eigenvalue weighted by Crippen LogP contribution is -2.40. The Morgan fingerprint density at radius 3 is 2.46 bits per heavy atom. The number of nitrogens with two attached hydrogens (primary N) is 1. The van der Waals surface area contributed by atoms with Crippen molar-refractivity contribution >= 4 is 0 Å². The van der Waals surface area contributed by atoms with E-state index in [1.54, 1.807) is 0 Å². The summed E-state index contributed by atoms with van der Waals surface area (Å²) >= 11 is 0. The molecule has 1 aliphatic rings. The first-order valence-electron chi connectivity index (χ1n) is 5.55. The number of hydrogen-bond acceptors (Lipinski definition) is 2. The molecule has 78 valence electrons. The normalized spacial score (nSPS) is 35.3. The molecule has 0 amide bonds. The lowest BCUT2D eigenvalue weighted by molar-refractivity contribution is 0.134. The molecule has 3 atom stereocenters. The number of likely N-dealkylation sites (N-methyl/N-ethyl adjacent to an activating group) is 1. The Bertz CT molecular complexity index is 147. The van der Waals surface area contributed by atoms with E-state index in [-0.39, 0.29) is 0 Å². The van der Waals surface area contributed by atoms with Crippen molar-refractivity contribution in [3.8, 4) is 0 Å². The highest BCUT2D eigenvalue weighted by atomic mass is 15.1. The van der Waals surface area contributed by atoms with E-state index in [4.69, 9.17) is 5.73 Å². The molecule has 0 saturated heterocycles. The van der Waals surface area contributed by atoms with Crippen molar-refractivity contribution in [1.29, 1.82) is 0 Å².